The minimum absolute atomic E-state index is 0.240. The van der Waals surface area contributed by atoms with Crippen molar-refractivity contribution in [1.29, 1.82) is 0 Å². The van der Waals surface area contributed by atoms with Gasteiger partial charge in [-0.25, -0.2) is 4.79 Å². The molecule has 0 unspecified atom stereocenters. The molecule has 1 aliphatic rings. The first kappa shape index (κ1) is 15.8. The number of nitrogens with one attached hydrogen (secondary N) is 1. The maximum Gasteiger partial charge on any atom is 0.410 e. The Bertz CT molecular complexity index is 525. The molecule has 2 rings (SSSR count). The molecule has 0 aliphatic carbocycles. The molecule has 21 heavy (non-hydrogen) atoms. The number of likely N-dealkylation sites (tertiary alicyclic amines) is 1. The van der Waals surface area contributed by atoms with Crippen LogP contribution in [-0.2, 0) is 11.3 Å². The van der Waals surface area contributed by atoms with Crippen molar-refractivity contribution in [2.45, 2.75) is 52.8 Å². The minimum atomic E-state index is -0.444. The van der Waals surface area contributed by atoms with Crippen molar-refractivity contribution in [2.75, 3.05) is 20.1 Å². The van der Waals surface area contributed by atoms with Gasteiger partial charge in [-0.2, -0.15) is 5.10 Å². The molecule has 0 atom stereocenters. The van der Waals surface area contributed by atoms with Crippen molar-refractivity contribution >= 4 is 6.09 Å². The molecule has 0 saturated carbocycles. The van der Waals surface area contributed by atoms with Crippen molar-refractivity contribution in [2.24, 2.45) is 0 Å². The molecule has 6 heteroatoms. The van der Waals surface area contributed by atoms with Crippen LogP contribution in [0.3, 0.4) is 0 Å². The summed E-state index contributed by atoms with van der Waals surface area (Å²) in [4.78, 5) is 13.7. The Morgan fingerprint density at radius 2 is 2.00 bits per heavy atom. The third-order valence-electron chi connectivity index (χ3n) is 3.69. The first-order valence-electron chi connectivity index (χ1n) is 7.40. The molecular weight excluding hydrogens is 268 g/mol. The second-order valence-electron chi connectivity index (χ2n) is 6.66. The molecule has 6 nitrogen and oxygen atoms in total. The van der Waals surface area contributed by atoms with Gasteiger partial charge in [-0.1, -0.05) is 0 Å². The lowest BCUT2D eigenvalue weighted by Gasteiger charge is -2.40. The van der Waals surface area contributed by atoms with Crippen LogP contribution in [0, 0.1) is 13.8 Å². The van der Waals surface area contributed by atoms with Crippen molar-refractivity contribution in [3.8, 4) is 0 Å². The van der Waals surface area contributed by atoms with Crippen molar-refractivity contribution in [3.05, 3.63) is 17.0 Å². The van der Waals surface area contributed by atoms with E-state index in [2.05, 4.69) is 17.3 Å². The summed E-state index contributed by atoms with van der Waals surface area (Å²) in [6, 6.07) is 0.252. The Labute approximate surface area is 126 Å². The summed E-state index contributed by atoms with van der Waals surface area (Å²) in [5.41, 5.74) is 3.03. The fourth-order valence-electron chi connectivity index (χ4n) is 2.57. The number of nitrogens with zero attached hydrogens (tertiary/aromatic N) is 3. The zero-order chi connectivity index (χ0) is 15.8. The second kappa shape index (κ2) is 5.67. The normalized spacial score (nSPS) is 16.0. The Morgan fingerprint density at radius 3 is 2.52 bits per heavy atom. The quantitative estimate of drug-likeness (QED) is 0.926. The van der Waals surface area contributed by atoms with Crippen LogP contribution in [0.4, 0.5) is 4.79 Å². The van der Waals surface area contributed by atoms with Crippen molar-refractivity contribution in [1.82, 2.24) is 20.0 Å². The number of aryl methyl sites for hydroxylation is 1. The van der Waals surface area contributed by atoms with Gasteiger partial charge in [0.2, 0.25) is 0 Å². The van der Waals surface area contributed by atoms with E-state index in [1.807, 2.05) is 39.4 Å². The maximum atomic E-state index is 11.9. The van der Waals surface area contributed by atoms with Crippen LogP contribution in [0.25, 0.3) is 0 Å². The summed E-state index contributed by atoms with van der Waals surface area (Å²) < 4.78 is 7.42. The van der Waals surface area contributed by atoms with Gasteiger partial charge in [0.05, 0.1) is 11.7 Å². The SMILES string of the molecule is CNCc1c(C)nn(C2CN(C(=O)OC(C)(C)C)C2)c1C. The summed E-state index contributed by atoms with van der Waals surface area (Å²) in [5.74, 6) is 0. The van der Waals surface area contributed by atoms with E-state index in [4.69, 9.17) is 4.74 Å². The summed E-state index contributed by atoms with van der Waals surface area (Å²) in [5, 5.41) is 7.79. The number of carbonyl (C=O) groups is 1. The van der Waals surface area contributed by atoms with Gasteiger partial charge in [0.1, 0.15) is 5.60 Å². The number of rotatable bonds is 3. The van der Waals surface area contributed by atoms with Crippen molar-refractivity contribution in [3.63, 3.8) is 0 Å². The van der Waals surface area contributed by atoms with Gasteiger partial charge in [-0.05, 0) is 41.7 Å². The van der Waals surface area contributed by atoms with Crippen LogP contribution in [-0.4, -0.2) is 46.5 Å². The fourth-order valence-corrected chi connectivity index (χ4v) is 2.57. The highest BCUT2D eigenvalue weighted by Gasteiger charge is 2.36. The lowest BCUT2D eigenvalue weighted by Crippen LogP contribution is -2.52. The van der Waals surface area contributed by atoms with Crippen molar-refractivity contribution < 1.29 is 9.53 Å². The van der Waals surface area contributed by atoms with E-state index in [9.17, 15) is 4.79 Å². The summed E-state index contributed by atoms with van der Waals surface area (Å²) in [6.07, 6.45) is -0.240. The highest BCUT2D eigenvalue weighted by Crippen LogP contribution is 2.26. The highest BCUT2D eigenvalue weighted by atomic mass is 16.6. The Kier molecular flexibility index (Phi) is 4.27. The lowest BCUT2D eigenvalue weighted by atomic mass is 10.1. The van der Waals surface area contributed by atoms with E-state index in [1.54, 1.807) is 4.90 Å². The average Bonchev–Trinajstić information content (AvgIpc) is 2.53. The summed E-state index contributed by atoms with van der Waals surface area (Å²) in [7, 11) is 1.93. The largest absolute Gasteiger partial charge is 0.444 e. The molecule has 118 valence electrons. The van der Waals surface area contributed by atoms with Crippen LogP contribution in [0.5, 0.6) is 0 Å². The van der Waals surface area contributed by atoms with Gasteiger partial charge in [0.25, 0.3) is 0 Å². The smallest absolute Gasteiger partial charge is 0.410 e. The third kappa shape index (κ3) is 3.37. The van der Waals surface area contributed by atoms with Gasteiger partial charge >= 0.3 is 6.09 Å². The Hall–Kier alpha value is -1.56. The van der Waals surface area contributed by atoms with E-state index in [-0.39, 0.29) is 12.1 Å². The van der Waals surface area contributed by atoms with E-state index in [1.165, 1.54) is 11.3 Å². The Morgan fingerprint density at radius 1 is 1.38 bits per heavy atom. The van der Waals surface area contributed by atoms with Crippen LogP contribution in [0.15, 0.2) is 0 Å². The molecule has 1 aromatic heterocycles. The summed E-state index contributed by atoms with van der Waals surface area (Å²) >= 11 is 0. The minimum Gasteiger partial charge on any atom is -0.444 e. The number of aromatic nitrogens is 2. The molecule has 1 amide bonds. The number of ether oxygens (including phenoxy) is 1. The molecule has 1 aromatic rings. The van der Waals surface area contributed by atoms with Gasteiger partial charge in [-0.3, -0.25) is 4.68 Å². The van der Waals surface area contributed by atoms with Crippen LogP contribution in [0.2, 0.25) is 0 Å². The highest BCUT2D eigenvalue weighted by molar-refractivity contribution is 5.69. The molecule has 0 bridgehead atoms. The van der Waals surface area contributed by atoms with E-state index in [0.29, 0.717) is 13.1 Å². The number of hydrogen-bond donors (Lipinski definition) is 1. The molecule has 1 saturated heterocycles. The van der Waals surface area contributed by atoms with Gasteiger partial charge in [-0.15, -0.1) is 0 Å². The van der Waals surface area contributed by atoms with Gasteiger partial charge in [0, 0.05) is 30.9 Å². The van der Waals surface area contributed by atoms with E-state index in [0.717, 1.165) is 12.2 Å². The van der Waals surface area contributed by atoms with E-state index < -0.39 is 5.60 Å². The number of carbonyl (C=O) groups excluding carboxylic acids is 1. The lowest BCUT2D eigenvalue weighted by molar-refractivity contribution is -0.000690. The fraction of sp³-hybridized carbons (Fsp3) is 0.733. The first-order valence-corrected chi connectivity index (χ1v) is 7.40. The monoisotopic (exact) mass is 294 g/mol. The average molecular weight is 294 g/mol. The van der Waals surface area contributed by atoms with Gasteiger partial charge in [0.15, 0.2) is 0 Å². The molecule has 1 N–H and O–H groups in total. The zero-order valence-corrected chi connectivity index (χ0v) is 13.9. The van der Waals surface area contributed by atoms with E-state index >= 15 is 0 Å². The molecule has 0 radical (unpaired) electrons. The number of amides is 1. The topological polar surface area (TPSA) is 59.4 Å². The predicted octanol–water partition coefficient (Wildman–Crippen LogP) is 2.01. The zero-order valence-electron chi connectivity index (χ0n) is 13.9. The molecule has 2 heterocycles. The standard InChI is InChI=1S/C15H26N4O2/c1-10-13(7-16-6)11(2)19(17-10)12-8-18(9-12)14(20)21-15(3,4)5/h12,16H,7-9H2,1-6H3. The van der Waals surface area contributed by atoms with Crippen LogP contribution in [0.1, 0.15) is 43.8 Å². The van der Waals surface area contributed by atoms with Crippen LogP contribution >= 0.6 is 0 Å². The summed E-state index contributed by atoms with van der Waals surface area (Å²) in [6.45, 7) is 11.9. The third-order valence-corrected chi connectivity index (χ3v) is 3.69. The molecule has 1 aliphatic heterocycles. The molecule has 1 fully saturated rings. The first-order chi connectivity index (χ1) is 9.73. The Balaban J connectivity index is 1.99. The predicted molar refractivity (Wildman–Crippen MR) is 81.3 cm³/mol. The second-order valence-corrected chi connectivity index (χ2v) is 6.66. The molecule has 0 spiro atoms. The van der Waals surface area contributed by atoms with Crippen LogP contribution < -0.4 is 5.32 Å². The molecule has 0 aromatic carbocycles. The van der Waals surface area contributed by atoms with Gasteiger partial charge < -0.3 is 15.0 Å². The molecular formula is C15H26N4O2. The number of hydrogen-bond acceptors (Lipinski definition) is 4. The maximum absolute atomic E-state index is 11.9.